The van der Waals surface area contributed by atoms with Crippen LogP contribution in [0.2, 0.25) is 0 Å². The van der Waals surface area contributed by atoms with E-state index in [1.54, 1.807) is 11.3 Å². The highest BCUT2D eigenvalue weighted by Crippen LogP contribution is 2.35. The van der Waals surface area contributed by atoms with Crippen molar-refractivity contribution in [2.75, 3.05) is 19.6 Å². The van der Waals surface area contributed by atoms with E-state index in [1.807, 2.05) is 23.1 Å². The molecule has 1 unspecified atom stereocenters. The fourth-order valence-electron chi connectivity index (χ4n) is 5.05. The number of unbranched alkanes of at least 4 members (excludes halogenated alkanes) is 1. The third-order valence-corrected chi connectivity index (χ3v) is 7.83. The van der Waals surface area contributed by atoms with Crippen molar-refractivity contribution in [1.29, 1.82) is 0 Å². The lowest BCUT2D eigenvalue weighted by Gasteiger charge is -2.52. The van der Waals surface area contributed by atoms with Gasteiger partial charge in [-0.25, -0.2) is 4.98 Å². The van der Waals surface area contributed by atoms with E-state index >= 15 is 0 Å². The predicted molar refractivity (Wildman–Crippen MR) is 133 cm³/mol. The molecule has 1 atom stereocenters. The molecule has 2 amide bonds. The van der Waals surface area contributed by atoms with Gasteiger partial charge in [-0.1, -0.05) is 57.5 Å². The first-order valence-corrected chi connectivity index (χ1v) is 13.2. The standard InChI is InChI=1S/C26H36N4O2S/c1-4-5-13-30-24(31)22(16-19(2)3)28-25(32)26(30)11-14-29(15-12-26)17-21-18-33-23(27-21)20-9-7-6-8-10-20/h6-10,18-19,22H,4-5,11-17H2,1-3H3,(H,28,32). The summed E-state index contributed by atoms with van der Waals surface area (Å²) in [5, 5.41) is 6.26. The summed E-state index contributed by atoms with van der Waals surface area (Å²) >= 11 is 1.67. The summed E-state index contributed by atoms with van der Waals surface area (Å²) in [7, 11) is 0. The fourth-order valence-corrected chi connectivity index (χ4v) is 5.86. The summed E-state index contributed by atoms with van der Waals surface area (Å²) in [5.74, 6) is 0.516. The van der Waals surface area contributed by atoms with Crippen LogP contribution in [-0.4, -0.2) is 57.8 Å². The maximum atomic E-state index is 13.4. The highest BCUT2D eigenvalue weighted by molar-refractivity contribution is 7.13. The topological polar surface area (TPSA) is 65.5 Å². The number of carbonyl (C=O) groups is 2. The lowest BCUT2D eigenvalue weighted by molar-refractivity contribution is -0.161. The molecular formula is C26H36N4O2S. The third-order valence-electron chi connectivity index (χ3n) is 6.89. The number of amides is 2. The van der Waals surface area contributed by atoms with Crippen LogP contribution in [0.4, 0.5) is 0 Å². The van der Waals surface area contributed by atoms with Crippen molar-refractivity contribution in [2.45, 2.75) is 71.0 Å². The Bertz CT molecular complexity index is 950. The second-order valence-electron chi connectivity index (χ2n) is 9.82. The molecule has 7 heteroatoms. The van der Waals surface area contributed by atoms with Crippen molar-refractivity contribution in [2.24, 2.45) is 5.92 Å². The van der Waals surface area contributed by atoms with E-state index in [-0.39, 0.29) is 17.9 Å². The Morgan fingerprint density at radius 2 is 1.91 bits per heavy atom. The zero-order chi connectivity index (χ0) is 23.4. The Labute approximate surface area is 201 Å². The zero-order valence-electron chi connectivity index (χ0n) is 20.0. The molecule has 0 radical (unpaired) electrons. The second kappa shape index (κ2) is 10.3. The van der Waals surface area contributed by atoms with Gasteiger partial charge in [-0.3, -0.25) is 14.5 Å². The minimum absolute atomic E-state index is 0.0449. The summed E-state index contributed by atoms with van der Waals surface area (Å²) < 4.78 is 0. The van der Waals surface area contributed by atoms with E-state index in [9.17, 15) is 9.59 Å². The Morgan fingerprint density at radius 3 is 2.58 bits per heavy atom. The minimum Gasteiger partial charge on any atom is -0.342 e. The van der Waals surface area contributed by atoms with Crippen LogP contribution < -0.4 is 5.32 Å². The molecule has 33 heavy (non-hydrogen) atoms. The molecule has 1 aromatic heterocycles. The lowest BCUT2D eigenvalue weighted by atomic mass is 9.80. The molecule has 0 bridgehead atoms. The number of likely N-dealkylation sites (tertiary alicyclic amines) is 1. The normalized spacial score (nSPS) is 21.1. The van der Waals surface area contributed by atoms with E-state index in [4.69, 9.17) is 4.98 Å². The highest BCUT2D eigenvalue weighted by atomic mass is 32.1. The van der Waals surface area contributed by atoms with Crippen LogP contribution in [-0.2, 0) is 16.1 Å². The molecule has 2 saturated heterocycles. The molecule has 2 aromatic rings. The van der Waals surface area contributed by atoms with Crippen LogP contribution in [0.1, 0.15) is 58.6 Å². The van der Waals surface area contributed by atoms with E-state index in [0.29, 0.717) is 31.7 Å². The number of nitrogens with one attached hydrogen (secondary N) is 1. The van der Waals surface area contributed by atoms with Crippen molar-refractivity contribution in [3.05, 3.63) is 41.4 Å². The van der Waals surface area contributed by atoms with Crippen molar-refractivity contribution < 1.29 is 9.59 Å². The summed E-state index contributed by atoms with van der Waals surface area (Å²) in [6, 6.07) is 9.87. The molecule has 1 spiro atoms. The van der Waals surface area contributed by atoms with Gasteiger partial charge >= 0.3 is 0 Å². The number of benzene rings is 1. The SMILES string of the molecule is CCCCN1C(=O)C(CC(C)C)NC(=O)C12CCN(Cc1csc(-c3ccccc3)n1)CC2. The van der Waals surface area contributed by atoms with Gasteiger partial charge in [0.05, 0.1) is 5.69 Å². The third kappa shape index (κ3) is 5.14. The van der Waals surface area contributed by atoms with Gasteiger partial charge in [0.2, 0.25) is 11.8 Å². The van der Waals surface area contributed by atoms with Gasteiger partial charge in [0, 0.05) is 37.1 Å². The number of rotatable bonds is 8. The van der Waals surface area contributed by atoms with Crippen LogP contribution in [0.25, 0.3) is 10.6 Å². The summed E-state index contributed by atoms with van der Waals surface area (Å²) in [6.45, 7) is 9.35. The number of thiazole rings is 1. The molecule has 3 heterocycles. The molecule has 2 aliphatic rings. The average molecular weight is 469 g/mol. The smallest absolute Gasteiger partial charge is 0.246 e. The largest absolute Gasteiger partial charge is 0.342 e. The number of nitrogens with zero attached hydrogens (tertiary/aromatic N) is 3. The van der Waals surface area contributed by atoms with Gasteiger partial charge in [-0.05, 0) is 31.6 Å². The van der Waals surface area contributed by atoms with Gasteiger partial charge in [-0.2, -0.15) is 0 Å². The molecule has 0 aliphatic carbocycles. The van der Waals surface area contributed by atoms with Gasteiger partial charge < -0.3 is 10.2 Å². The average Bonchev–Trinajstić information content (AvgIpc) is 3.28. The zero-order valence-corrected chi connectivity index (χ0v) is 20.9. The summed E-state index contributed by atoms with van der Waals surface area (Å²) in [5.41, 5.74) is 1.51. The van der Waals surface area contributed by atoms with Gasteiger partial charge in [0.25, 0.3) is 0 Å². The van der Waals surface area contributed by atoms with E-state index in [0.717, 1.165) is 48.7 Å². The lowest BCUT2D eigenvalue weighted by Crippen LogP contribution is -2.73. The first-order chi connectivity index (χ1) is 15.9. The number of carbonyl (C=O) groups excluding carboxylic acids is 2. The minimum atomic E-state index is -0.701. The number of aromatic nitrogens is 1. The quantitative estimate of drug-likeness (QED) is 0.627. The van der Waals surface area contributed by atoms with Crippen molar-refractivity contribution in [3.8, 4) is 10.6 Å². The maximum Gasteiger partial charge on any atom is 0.246 e. The van der Waals surface area contributed by atoms with E-state index < -0.39 is 5.54 Å². The molecule has 0 saturated carbocycles. The Hall–Kier alpha value is -2.25. The number of hydrogen-bond donors (Lipinski definition) is 1. The molecule has 1 aromatic carbocycles. The van der Waals surface area contributed by atoms with Crippen LogP contribution in [0.3, 0.4) is 0 Å². The first kappa shape index (κ1) is 23.9. The first-order valence-electron chi connectivity index (χ1n) is 12.3. The predicted octanol–water partition coefficient (Wildman–Crippen LogP) is 4.32. The van der Waals surface area contributed by atoms with Crippen molar-refractivity contribution >= 4 is 23.2 Å². The molecule has 6 nitrogen and oxygen atoms in total. The van der Waals surface area contributed by atoms with Gasteiger partial charge in [0.15, 0.2) is 0 Å². The van der Waals surface area contributed by atoms with Crippen molar-refractivity contribution in [1.82, 2.24) is 20.1 Å². The van der Waals surface area contributed by atoms with Crippen LogP contribution in [0.5, 0.6) is 0 Å². The van der Waals surface area contributed by atoms with E-state index in [1.165, 1.54) is 0 Å². The number of hydrogen-bond acceptors (Lipinski definition) is 5. The molecule has 4 rings (SSSR count). The summed E-state index contributed by atoms with van der Waals surface area (Å²) in [6.07, 6.45) is 4.00. The Balaban J connectivity index is 1.43. The molecular weight excluding hydrogens is 432 g/mol. The van der Waals surface area contributed by atoms with Crippen LogP contribution >= 0.6 is 11.3 Å². The number of piperazine rings is 1. The Morgan fingerprint density at radius 1 is 1.18 bits per heavy atom. The van der Waals surface area contributed by atoms with Crippen LogP contribution in [0.15, 0.2) is 35.7 Å². The fraction of sp³-hybridized carbons (Fsp3) is 0.577. The highest BCUT2D eigenvalue weighted by Gasteiger charge is 2.53. The monoisotopic (exact) mass is 468 g/mol. The second-order valence-corrected chi connectivity index (χ2v) is 10.7. The Kier molecular flexibility index (Phi) is 7.49. The molecule has 2 fully saturated rings. The van der Waals surface area contributed by atoms with Crippen molar-refractivity contribution in [3.63, 3.8) is 0 Å². The molecule has 178 valence electrons. The van der Waals surface area contributed by atoms with E-state index in [2.05, 4.69) is 48.5 Å². The maximum absolute atomic E-state index is 13.4. The summed E-state index contributed by atoms with van der Waals surface area (Å²) in [4.78, 5) is 35.9. The van der Waals surface area contributed by atoms with Gasteiger partial charge in [0.1, 0.15) is 16.6 Å². The van der Waals surface area contributed by atoms with Gasteiger partial charge in [-0.15, -0.1) is 11.3 Å². The molecule has 1 N–H and O–H groups in total. The van der Waals surface area contributed by atoms with Crippen LogP contribution in [0, 0.1) is 5.92 Å². The molecule has 2 aliphatic heterocycles. The number of piperidine rings is 1.